The molecule has 1 unspecified atom stereocenters. The molecule has 0 spiro atoms. The summed E-state index contributed by atoms with van der Waals surface area (Å²) in [5, 5.41) is 19.1. The van der Waals surface area contributed by atoms with Crippen LogP contribution in [0.4, 0.5) is 11.4 Å². The molecule has 2 aromatic rings. The van der Waals surface area contributed by atoms with Crippen molar-refractivity contribution in [2.75, 3.05) is 24.4 Å². The maximum absolute atomic E-state index is 13.5. The molecule has 2 aliphatic rings. The van der Waals surface area contributed by atoms with Gasteiger partial charge in [-0.1, -0.05) is 17.7 Å². The zero-order valence-electron chi connectivity index (χ0n) is 15.3. The number of hydrogen-bond donors (Lipinski definition) is 2. The lowest BCUT2D eigenvalue weighted by Crippen LogP contribution is -2.99. The minimum Gasteiger partial charge on any atom is -0.595 e. The first-order valence-corrected chi connectivity index (χ1v) is 10.4. The van der Waals surface area contributed by atoms with E-state index in [-0.39, 0.29) is 22.5 Å². The lowest BCUT2D eigenvalue weighted by atomic mass is 9.89. The van der Waals surface area contributed by atoms with Crippen molar-refractivity contribution in [2.45, 2.75) is 30.2 Å². The third kappa shape index (κ3) is 3.03. The Balaban J connectivity index is 1.80. The summed E-state index contributed by atoms with van der Waals surface area (Å²) in [7, 11) is -1.71. The van der Waals surface area contributed by atoms with Gasteiger partial charge in [-0.25, -0.2) is 13.6 Å². The largest absolute Gasteiger partial charge is 0.595 e. The highest BCUT2D eigenvalue weighted by Gasteiger charge is 2.46. The quantitative estimate of drug-likeness (QED) is 0.775. The highest BCUT2D eigenvalue weighted by molar-refractivity contribution is 7.92. The van der Waals surface area contributed by atoms with Crippen molar-refractivity contribution in [3.63, 3.8) is 0 Å². The van der Waals surface area contributed by atoms with Crippen molar-refractivity contribution in [3.05, 3.63) is 58.8 Å². The van der Waals surface area contributed by atoms with Gasteiger partial charge in [-0.05, 0) is 50.7 Å². The van der Waals surface area contributed by atoms with Crippen LogP contribution in [0, 0.1) is 12.1 Å². The van der Waals surface area contributed by atoms with Gasteiger partial charge in [-0.2, -0.15) is 5.23 Å². The average molecular weight is 389 g/mol. The van der Waals surface area contributed by atoms with E-state index in [2.05, 4.69) is 18.0 Å². The summed E-state index contributed by atoms with van der Waals surface area (Å²) in [6.07, 6.45) is 0.765. The molecule has 2 heterocycles. The van der Waals surface area contributed by atoms with Crippen molar-refractivity contribution in [1.82, 2.24) is 4.90 Å². The lowest BCUT2D eigenvalue weighted by Gasteiger charge is -2.36. The number of aryl methyl sites for hydroxylation is 1. The minimum absolute atomic E-state index is 0.0727. The van der Waals surface area contributed by atoms with Crippen LogP contribution in [0.2, 0.25) is 0 Å². The van der Waals surface area contributed by atoms with E-state index in [1.54, 1.807) is 4.31 Å². The fraction of sp³-hybridized carbons (Fsp3) is 0.368. The van der Waals surface area contributed by atoms with E-state index in [1.165, 1.54) is 24.3 Å². The fourth-order valence-electron chi connectivity index (χ4n) is 4.23. The van der Waals surface area contributed by atoms with Crippen molar-refractivity contribution >= 4 is 21.4 Å². The molecular formula is C19H23N3O4S. The summed E-state index contributed by atoms with van der Waals surface area (Å²) >= 11 is 0. The molecule has 0 aliphatic carbocycles. The maximum Gasteiger partial charge on any atom is 0.264 e. The Morgan fingerprint density at radius 1 is 1.19 bits per heavy atom. The number of rotatable bonds is 3. The Hall–Kier alpha value is -1.97. The predicted octanol–water partition coefficient (Wildman–Crippen LogP) is 1.40. The number of sulfonamides is 1. The molecule has 8 heteroatoms. The second-order valence-electron chi connectivity index (χ2n) is 7.42. The second kappa shape index (κ2) is 6.57. The summed E-state index contributed by atoms with van der Waals surface area (Å²) in [5.41, 5.74) is 3.01. The Labute approximate surface area is 159 Å². The summed E-state index contributed by atoms with van der Waals surface area (Å²) in [6.45, 7) is 3.69. The number of hydrogen-bond acceptors (Lipinski definition) is 5. The van der Waals surface area contributed by atoms with E-state index >= 15 is 0 Å². The predicted molar refractivity (Wildman–Crippen MR) is 102 cm³/mol. The van der Waals surface area contributed by atoms with Crippen molar-refractivity contribution in [1.29, 1.82) is 0 Å². The molecule has 1 fully saturated rings. The van der Waals surface area contributed by atoms with E-state index in [4.69, 9.17) is 5.21 Å². The molecule has 1 saturated heterocycles. The van der Waals surface area contributed by atoms with Crippen LogP contribution in [0.1, 0.15) is 23.5 Å². The molecule has 0 amide bonds. The van der Waals surface area contributed by atoms with E-state index in [0.717, 1.165) is 36.3 Å². The van der Waals surface area contributed by atoms with Gasteiger partial charge in [0.15, 0.2) is 5.69 Å². The number of anilines is 1. The summed E-state index contributed by atoms with van der Waals surface area (Å²) in [4.78, 5) is 2.36. The second-order valence-corrected chi connectivity index (χ2v) is 9.23. The van der Waals surface area contributed by atoms with Crippen LogP contribution in [0.3, 0.4) is 0 Å². The first-order valence-electron chi connectivity index (χ1n) is 8.96. The van der Waals surface area contributed by atoms with Gasteiger partial charge in [0.1, 0.15) is 0 Å². The van der Waals surface area contributed by atoms with Crippen LogP contribution in [-0.2, 0) is 10.0 Å². The standard InChI is InChI=1S/C19H23N3O4S/c1-13-3-8-18-16(11-13)17-12-20(2)10-9-19(17)21(18)27(25,26)15-6-4-14(5-7-15)22(23)24/h3-8,11,17,19,22-23H,9-10,12H2,1-2H3/t17-,19+/m0/s1. The van der Waals surface area contributed by atoms with Gasteiger partial charge in [0.25, 0.3) is 10.0 Å². The first-order chi connectivity index (χ1) is 12.8. The maximum atomic E-state index is 13.5. The van der Waals surface area contributed by atoms with Crippen molar-refractivity contribution in [3.8, 4) is 0 Å². The highest BCUT2D eigenvalue weighted by atomic mass is 32.2. The molecule has 0 saturated carbocycles. The van der Waals surface area contributed by atoms with Crippen molar-refractivity contribution in [2.24, 2.45) is 0 Å². The summed E-state index contributed by atoms with van der Waals surface area (Å²) in [5.74, 6) is 0.145. The molecule has 2 aliphatic heterocycles. The summed E-state index contributed by atoms with van der Waals surface area (Å²) in [6, 6.07) is 11.3. The number of benzene rings is 2. The van der Waals surface area contributed by atoms with E-state index in [1.807, 2.05) is 19.1 Å². The molecule has 27 heavy (non-hydrogen) atoms. The van der Waals surface area contributed by atoms with Crippen LogP contribution in [0.25, 0.3) is 0 Å². The molecule has 0 aromatic heterocycles. The van der Waals surface area contributed by atoms with Gasteiger partial charge in [-0.15, -0.1) is 0 Å². The molecule has 0 bridgehead atoms. The van der Waals surface area contributed by atoms with Gasteiger partial charge >= 0.3 is 0 Å². The van der Waals surface area contributed by atoms with E-state index < -0.39 is 15.2 Å². The Morgan fingerprint density at radius 2 is 1.89 bits per heavy atom. The SMILES string of the molecule is Cc1ccc2c(c1)[C@@H]1CN(C)CC[C@H]1N2S(=O)(=O)c1ccc([NH+]([O-])O)cc1. The molecule has 7 nitrogen and oxygen atoms in total. The number of fused-ring (bicyclic) bond motifs is 3. The van der Waals surface area contributed by atoms with Crippen LogP contribution >= 0.6 is 0 Å². The van der Waals surface area contributed by atoms with Gasteiger partial charge in [0, 0.05) is 24.6 Å². The van der Waals surface area contributed by atoms with Gasteiger partial charge < -0.3 is 10.1 Å². The Morgan fingerprint density at radius 3 is 2.56 bits per heavy atom. The number of quaternary nitrogens is 1. The number of nitrogens with one attached hydrogen (secondary N) is 1. The van der Waals surface area contributed by atoms with Crippen LogP contribution in [-0.4, -0.2) is 44.7 Å². The first kappa shape index (κ1) is 18.4. The van der Waals surface area contributed by atoms with E-state index in [0.29, 0.717) is 0 Å². The summed E-state index contributed by atoms with van der Waals surface area (Å²) < 4.78 is 28.5. The highest BCUT2D eigenvalue weighted by Crippen LogP contribution is 2.47. The molecule has 0 radical (unpaired) electrons. The van der Waals surface area contributed by atoms with Crippen LogP contribution in [0.15, 0.2) is 47.4 Å². The van der Waals surface area contributed by atoms with Gasteiger partial charge in [-0.3, -0.25) is 4.31 Å². The van der Waals surface area contributed by atoms with Crippen LogP contribution in [0.5, 0.6) is 0 Å². The molecular weight excluding hydrogens is 366 g/mol. The average Bonchev–Trinajstić information content (AvgIpc) is 2.95. The Kier molecular flexibility index (Phi) is 4.48. The van der Waals surface area contributed by atoms with Crippen molar-refractivity contribution < 1.29 is 18.9 Å². The normalized spacial score (nSPS) is 23.8. The van der Waals surface area contributed by atoms with E-state index in [9.17, 15) is 13.6 Å². The van der Waals surface area contributed by atoms with Crippen LogP contribution < -0.4 is 9.53 Å². The number of piperidine rings is 1. The smallest absolute Gasteiger partial charge is 0.264 e. The molecule has 4 rings (SSSR count). The van der Waals surface area contributed by atoms with Gasteiger partial charge in [0.2, 0.25) is 0 Å². The fourth-order valence-corrected chi connectivity index (χ4v) is 5.97. The minimum atomic E-state index is -3.77. The number of likely N-dealkylation sites (tertiary alicyclic amines) is 1. The molecule has 2 N–H and O–H groups in total. The Bertz CT molecular complexity index is 959. The third-order valence-electron chi connectivity index (χ3n) is 5.56. The molecule has 144 valence electrons. The lowest BCUT2D eigenvalue weighted by molar-refractivity contribution is -0.991. The zero-order valence-corrected chi connectivity index (χ0v) is 16.1. The zero-order chi connectivity index (χ0) is 19.3. The monoisotopic (exact) mass is 389 g/mol. The van der Waals surface area contributed by atoms with Gasteiger partial charge in [0.05, 0.1) is 16.6 Å². The molecule has 2 aromatic carbocycles. The number of nitrogens with zero attached hydrogens (tertiary/aromatic N) is 2. The topological polar surface area (TPSA) is 88.4 Å². The molecule has 3 atom stereocenters. The number of likely N-dealkylation sites (N-methyl/N-ethyl adjacent to an activating group) is 1. The third-order valence-corrected chi connectivity index (χ3v) is 7.41.